The van der Waals surface area contributed by atoms with Crippen LogP contribution in [0.3, 0.4) is 0 Å². The molecule has 0 aliphatic heterocycles. The summed E-state index contributed by atoms with van der Waals surface area (Å²) in [5.41, 5.74) is 10.3. The standard InChI is InChI=1S/C62H33N5S2/c63-34-46-59(67-52-26-12-5-19-41(52)43-30-32-56-58(60(43)67)44-21-7-14-28-54(44)69-56)47(35-64)62(66-50-24-10-3-17-39(50)40-18-4-11-25-51(40)66)57(36-29-31-55-45(33-36)42-20-6-13-27-53(42)68-55)61(46)65-48-22-8-1-15-37(48)38-16-2-9-23-49(38)65/h1-33H. The predicted octanol–water partition coefficient (Wildman–Crippen LogP) is 17.1. The number of hydrogen-bond donors (Lipinski definition) is 0. The second kappa shape index (κ2) is 14.3. The summed E-state index contributed by atoms with van der Waals surface area (Å²) in [5.74, 6) is 0. The van der Waals surface area contributed by atoms with Crippen molar-refractivity contribution in [1.29, 1.82) is 10.5 Å². The SMILES string of the molecule is N#Cc1c(-n2c3ccccc3c3ccccc32)c(-c2ccc3sc4ccccc4c3c2)c(-n2c3ccccc3c3ccccc32)c(C#N)c1-n1c2ccccc2c2ccc3sc4ccccc4c3c21. The van der Waals surface area contributed by atoms with Gasteiger partial charge in [-0.15, -0.1) is 22.7 Å². The number of hydrogen-bond acceptors (Lipinski definition) is 4. The lowest BCUT2D eigenvalue weighted by Gasteiger charge is -2.26. The number of fused-ring (bicyclic) bond motifs is 16. The van der Waals surface area contributed by atoms with E-state index in [-0.39, 0.29) is 0 Å². The number of benzene rings is 10. The van der Waals surface area contributed by atoms with E-state index in [1.807, 2.05) is 0 Å². The number of thiophene rings is 2. The first-order valence-corrected chi connectivity index (χ1v) is 24.6. The number of nitrogens with zero attached hydrogens (tertiary/aromatic N) is 5. The van der Waals surface area contributed by atoms with Crippen LogP contribution in [0.5, 0.6) is 0 Å². The van der Waals surface area contributed by atoms with Crippen molar-refractivity contribution in [2.75, 3.05) is 0 Å². The van der Waals surface area contributed by atoms with Gasteiger partial charge in [-0.05, 0) is 66.2 Å². The van der Waals surface area contributed by atoms with Gasteiger partial charge in [-0.25, -0.2) is 0 Å². The third-order valence-electron chi connectivity index (χ3n) is 14.3. The fourth-order valence-electron chi connectivity index (χ4n) is 11.6. The number of rotatable bonds is 4. The summed E-state index contributed by atoms with van der Waals surface area (Å²) >= 11 is 3.55. The maximum atomic E-state index is 12.4. The Labute approximate surface area is 402 Å². The normalized spacial score (nSPS) is 12.0. The summed E-state index contributed by atoms with van der Waals surface area (Å²) in [7, 11) is 0. The Hall–Kier alpha value is -8.98. The second-order valence-electron chi connectivity index (χ2n) is 17.7. The molecule has 15 aromatic rings. The van der Waals surface area contributed by atoms with Crippen LogP contribution in [0.15, 0.2) is 200 Å². The van der Waals surface area contributed by atoms with Crippen molar-refractivity contribution in [3.63, 3.8) is 0 Å². The van der Waals surface area contributed by atoms with Gasteiger partial charge in [0.25, 0.3) is 0 Å². The molecule has 7 heteroatoms. The zero-order chi connectivity index (χ0) is 45.5. The molecular formula is C62H33N5S2. The van der Waals surface area contributed by atoms with E-state index in [4.69, 9.17) is 0 Å². The Morgan fingerprint density at radius 1 is 0.319 bits per heavy atom. The lowest BCUT2D eigenvalue weighted by atomic mass is 9.90. The van der Waals surface area contributed by atoms with Crippen LogP contribution >= 0.6 is 22.7 Å². The number of nitriles is 2. The molecule has 0 N–H and O–H groups in total. The molecule has 0 saturated carbocycles. The van der Waals surface area contributed by atoms with Gasteiger partial charge in [-0.3, -0.25) is 0 Å². The first-order valence-electron chi connectivity index (χ1n) is 23.0. The van der Waals surface area contributed by atoms with Crippen LogP contribution in [0.4, 0.5) is 0 Å². The van der Waals surface area contributed by atoms with E-state index >= 15 is 0 Å². The smallest absolute Gasteiger partial charge is 0.104 e. The van der Waals surface area contributed by atoms with Gasteiger partial charge in [-0.2, -0.15) is 10.5 Å². The molecule has 0 amide bonds. The van der Waals surface area contributed by atoms with Gasteiger partial charge in [0.15, 0.2) is 0 Å². The lowest BCUT2D eigenvalue weighted by Crippen LogP contribution is -2.14. The summed E-state index contributed by atoms with van der Waals surface area (Å²) < 4.78 is 11.6. The van der Waals surface area contributed by atoms with Crippen molar-refractivity contribution in [3.05, 3.63) is 211 Å². The van der Waals surface area contributed by atoms with E-state index in [1.54, 1.807) is 22.7 Å². The van der Waals surface area contributed by atoms with E-state index in [0.29, 0.717) is 28.2 Å². The summed E-state index contributed by atoms with van der Waals surface area (Å²) in [5, 5.41) is 35.7. The van der Waals surface area contributed by atoms with Gasteiger partial charge in [0.2, 0.25) is 0 Å². The van der Waals surface area contributed by atoms with Gasteiger partial charge in [-0.1, -0.05) is 140 Å². The third kappa shape index (κ3) is 5.10. The highest BCUT2D eigenvalue weighted by atomic mass is 32.1. The average Bonchev–Trinajstić information content (AvgIpc) is 4.21. The Morgan fingerprint density at radius 2 is 0.710 bits per heavy atom. The van der Waals surface area contributed by atoms with Gasteiger partial charge in [0.05, 0.1) is 50.2 Å². The molecule has 0 fully saturated rings. The average molecular weight is 912 g/mol. The van der Waals surface area contributed by atoms with Crippen LogP contribution in [0, 0.1) is 22.7 Å². The maximum absolute atomic E-state index is 12.4. The first kappa shape index (κ1) is 38.2. The zero-order valence-electron chi connectivity index (χ0n) is 36.6. The van der Waals surface area contributed by atoms with Gasteiger partial charge in [0, 0.05) is 78.2 Å². The molecule has 5 heterocycles. The summed E-state index contributed by atoms with van der Waals surface area (Å²) in [6.07, 6.45) is 0. The highest BCUT2D eigenvalue weighted by Gasteiger charge is 2.33. The molecule has 318 valence electrons. The maximum Gasteiger partial charge on any atom is 0.104 e. The summed E-state index contributed by atoms with van der Waals surface area (Å²) in [4.78, 5) is 0. The molecule has 5 nitrogen and oxygen atoms in total. The third-order valence-corrected chi connectivity index (χ3v) is 16.6. The largest absolute Gasteiger partial charge is 0.307 e. The van der Waals surface area contributed by atoms with Crippen molar-refractivity contribution in [2.24, 2.45) is 0 Å². The van der Waals surface area contributed by atoms with E-state index in [9.17, 15) is 10.5 Å². The number of para-hydroxylation sites is 5. The topological polar surface area (TPSA) is 62.4 Å². The second-order valence-corrected chi connectivity index (χ2v) is 19.9. The Kier molecular flexibility index (Phi) is 7.89. The molecular weight excluding hydrogens is 879 g/mol. The lowest BCUT2D eigenvalue weighted by molar-refractivity contribution is 1.08. The predicted molar refractivity (Wildman–Crippen MR) is 290 cm³/mol. The molecule has 0 aliphatic carbocycles. The summed E-state index contributed by atoms with van der Waals surface area (Å²) in [6, 6.07) is 76.5. The fraction of sp³-hybridized carbons (Fsp3) is 0. The zero-order valence-corrected chi connectivity index (χ0v) is 38.2. The molecule has 0 atom stereocenters. The van der Waals surface area contributed by atoms with Crippen LogP contribution in [0.2, 0.25) is 0 Å². The monoisotopic (exact) mass is 911 g/mol. The van der Waals surface area contributed by atoms with Crippen LogP contribution in [0.1, 0.15) is 11.1 Å². The molecule has 0 unspecified atom stereocenters. The molecule has 15 rings (SSSR count). The van der Waals surface area contributed by atoms with Gasteiger partial charge >= 0.3 is 0 Å². The molecule has 10 aromatic carbocycles. The van der Waals surface area contributed by atoms with Crippen molar-refractivity contribution in [2.45, 2.75) is 0 Å². The van der Waals surface area contributed by atoms with E-state index in [2.05, 4.69) is 226 Å². The van der Waals surface area contributed by atoms with Crippen LogP contribution < -0.4 is 0 Å². The van der Waals surface area contributed by atoms with E-state index in [0.717, 1.165) is 97.4 Å². The van der Waals surface area contributed by atoms with Crippen LogP contribution in [-0.2, 0) is 0 Å². The highest BCUT2D eigenvalue weighted by molar-refractivity contribution is 7.26. The molecule has 69 heavy (non-hydrogen) atoms. The number of aromatic nitrogens is 3. The summed E-state index contributed by atoms with van der Waals surface area (Å²) in [6.45, 7) is 0. The van der Waals surface area contributed by atoms with Gasteiger partial charge < -0.3 is 13.7 Å². The fourth-order valence-corrected chi connectivity index (χ4v) is 13.8. The van der Waals surface area contributed by atoms with E-state index in [1.165, 1.54) is 19.5 Å². The molecule has 0 radical (unpaired) electrons. The quantitative estimate of drug-likeness (QED) is 0.177. The van der Waals surface area contributed by atoms with Crippen molar-refractivity contribution in [3.8, 4) is 40.3 Å². The first-order chi connectivity index (χ1) is 34.2. The Morgan fingerprint density at radius 3 is 1.23 bits per heavy atom. The Bertz CT molecular complexity index is 4570. The van der Waals surface area contributed by atoms with Crippen molar-refractivity contribution >= 4 is 128 Å². The highest BCUT2D eigenvalue weighted by Crippen LogP contribution is 2.51. The molecule has 0 aliphatic rings. The van der Waals surface area contributed by atoms with E-state index < -0.39 is 0 Å². The molecule has 0 spiro atoms. The molecule has 0 saturated heterocycles. The van der Waals surface area contributed by atoms with Crippen molar-refractivity contribution < 1.29 is 0 Å². The van der Waals surface area contributed by atoms with Crippen molar-refractivity contribution in [1.82, 2.24) is 13.7 Å². The van der Waals surface area contributed by atoms with Gasteiger partial charge in [0.1, 0.15) is 23.3 Å². The molecule has 5 aromatic heterocycles. The van der Waals surface area contributed by atoms with Crippen LogP contribution in [0.25, 0.3) is 134 Å². The van der Waals surface area contributed by atoms with Crippen LogP contribution in [-0.4, -0.2) is 13.7 Å². The minimum Gasteiger partial charge on any atom is -0.307 e. The minimum absolute atomic E-state index is 0.409. The Balaban J connectivity index is 1.26. The molecule has 0 bridgehead atoms. The minimum atomic E-state index is 0.409.